The SMILES string of the molecule is CN(C)Cc1cc(F)c(S(=O)[O-])s1.[Li+]. The zero-order chi connectivity index (χ0) is 10.0. The van der Waals surface area contributed by atoms with E-state index in [9.17, 15) is 13.2 Å². The van der Waals surface area contributed by atoms with Crippen molar-refractivity contribution in [3.63, 3.8) is 0 Å². The molecule has 74 valence electrons. The van der Waals surface area contributed by atoms with E-state index in [1.54, 1.807) is 0 Å². The maximum absolute atomic E-state index is 12.9. The van der Waals surface area contributed by atoms with E-state index in [0.717, 1.165) is 11.3 Å². The standard InChI is InChI=1S/C7H10FNO2S2.Li/c1-9(2)4-5-3-6(8)7(12-5)13(10)11;/h3H,4H2,1-2H3,(H,10,11);/q;+1/p-1. The van der Waals surface area contributed by atoms with Crippen LogP contribution in [0.15, 0.2) is 10.3 Å². The summed E-state index contributed by atoms with van der Waals surface area (Å²) in [6, 6.07) is 1.26. The smallest absolute Gasteiger partial charge is 0.768 e. The molecule has 1 aromatic heterocycles. The van der Waals surface area contributed by atoms with Crippen molar-refractivity contribution >= 4 is 22.4 Å². The molecule has 0 aliphatic rings. The van der Waals surface area contributed by atoms with Gasteiger partial charge in [-0.25, -0.2) is 4.39 Å². The van der Waals surface area contributed by atoms with Crippen molar-refractivity contribution < 1.29 is 32.0 Å². The van der Waals surface area contributed by atoms with Gasteiger partial charge in [0.2, 0.25) is 0 Å². The van der Waals surface area contributed by atoms with Crippen LogP contribution >= 0.6 is 11.3 Å². The summed E-state index contributed by atoms with van der Waals surface area (Å²) in [4.78, 5) is 2.56. The topological polar surface area (TPSA) is 43.4 Å². The van der Waals surface area contributed by atoms with Gasteiger partial charge in [-0.15, -0.1) is 11.3 Å². The Bertz CT molecular complexity index is 329. The average molecular weight is 229 g/mol. The minimum atomic E-state index is -2.46. The Balaban J connectivity index is 0.00000169. The Morgan fingerprint density at radius 1 is 1.64 bits per heavy atom. The van der Waals surface area contributed by atoms with E-state index in [1.165, 1.54) is 6.07 Å². The molecule has 0 spiro atoms. The summed E-state index contributed by atoms with van der Waals surface area (Å²) >= 11 is -1.49. The number of hydrogen-bond acceptors (Lipinski definition) is 4. The summed E-state index contributed by atoms with van der Waals surface area (Å²) < 4.78 is 33.7. The fourth-order valence-electron chi connectivity index (χ4n) is 0.901. The van der Waals surface area contributed by atoms with Gasteiger partial charge in [0.1, 0.15) is 10.0 Å². The third kappa shape index (κ3) is 3.81. The van der Waals surface area contributed by atoms with Crippen LogP contribution in [0.3, 0.4) is 0 Å². The fraction of sp³-hybridized carbons (Fsp3) is 0.429. The van der Waals surface area contributed by atoms with Crippen LogP contribution in [0.2, 0.25) is 0 Å². The number of hydrogen-bond donors (Lipinski definition) is 0. The van der Waals surface area contributed by atoms with Gasteiger partial charge in [-0.3, -0.25) is 4.21 Å². The Kier molecular flexibility index (Phi) is 6.13. The molecular formula is C7H9FLiNO2S2. The molecule has 14 heavy (non-hydrogen) atoms. The predicted molar refractivity (Wildman–Crippen MR) is 48.9 cm³/mol. The van der Waals surface area contributed by atoms with Crippen molar-refractivity contribution in [1.82, 2.24) is 4.90 Å². The van der Waals surface area contributed by atoms with Crippen LogP contribution in [0, 0.1) is 5.82 Å². The minimum Gasteiger partial charge on any atom is -0.768 e. The first-order valence-corrected chi connectivity index (χ1v) is 5.42. The molecule has 1 aromatic rings. The van der Waals surface area contributed by atoms with Crippen LogP contribution < -0.4 is 18.9 Å². The molecule has 0 radical (unpaired) electrons. The summed E-state index contributed by atoms with van der Waals surface area (Å²) in [6.07, 6.45) is 0. The molecule has 0 amide bonds. The van der Waals surface area contributed by atoms with Crippen LogP contribution in [0.5, 0.6) is 0 Å². The van der Waals surface area contributed by atoms with Gasteiger partial charge in [0, 0.05) is 11.4 Å². The van der Waals surface area contributed by atoms with Gasteiger partial charge < -0.3 is 9.45 Å². The molecule has 0 N–H and O–H groups in total. The van der Waals surface area contributed by atoms with Crippen molar-refractivity contribution in [2.24, 2.45) is 0 Å². The molecule has 0 fully saturated rings. The Morgan fingerprint density at radius 2 is 2.21 bits per heavy atom. The van der Waals surface area contributed by atoms with E-state index in [0.29, 0.717) is 11.4 Å². The molecular weight excluding hydrogens is 220 g/mol. The molecule has 0 aliphatic carbocycles. The second kappa shape index (κ2) is 6.01. The van der Waals surface area contributed by atoms with E-state index in [-0.39, 0.29) is 23.1 Å². The largest absolute Gasteiger partial charge is 1.00 e. The van der Waals surface area contributed by atoms with Gasteiger partial charge >= 0.3 is 18.9 Å². The first-order chi connectivity index (χ1) is 6.00. The van der Waals surface area contributed by atoms with Gasteiger partial charge in [-0.05, 0) is 31.2 Å². The third-order valence-corrected chi connectivity index (χ3v) is 3.38. The average Bonchev–Trinajstić information content (AvgIpc) is 2.29. The van der Waals surface area contributed by atoms with E-state index in [4.69, 9.17) is 0 Å². The Morgan fingerprint density at radius 3 is 2.57 bits per heavy atom. The number of thiophene rings is 1. The van der Waals surface area contributed by atoms with Crippen molar-refractivity contribution in [3.8, 4) is 0 Å². The van der Waals surface area contributed by atoms with Gasteiger partial charge in [-0.2, -0.15) is 0 Å². The van der Waals surface area contributed by atoms with E-state index >= 15 is 0 Å². The van der Waals surface area contributed by atoms with Crippen LogP contribution in [-0.2, 0) is 17.6 Å². The number of halogens is 1. The molecule has 0 saturated heterocycles. The van der Waals surface area contributed by atoms with Gasteiger partial charge in [0.05, 0.1) is 0 Å². The summed E-state index contributed by atoms with van der Waals surface area (Å²) in [7, 11) is 3.68. The van der Waals surface area contributed by atoms with Crippen molar-refractivity contribution in [1.29, 1.82) is 0 Å². The molecule has 0 aliphatic heterocycles. The summed E-state index contributed by atoms with van der Waals surface area (Å²) in [5, 5.41) is 0. The third-order valence-electron chi connectivity index (χ3n) is 1.33. The molecule has 1 atom stereocenters. The molecule has 7 heteroatoms. The monoisotopic (exact) mass is 229 g/mol. The summed E-state index contributed by atoms with van der Waals surface area (Å²) in [5.41, 5.74) is 0. The van der Waals surface area contributed by atoms with Crippen LogP contribution in [0.25, 0.3) is 0 Å². The zero-order valence-electron chi connectivity index (χ0n) is 8.24. The van der Waals surface area contributed by atoms with Crippen LogP contribution in [-0.4, -0.2) is 27.8 Å². The van der Waals surface area contributed by atoms with Gasteiger partial charge in [-0.1, -0.05) is 0 Å². The fourth-order valence-corrected chi connectivity index (χ4v) is 2.59. The first-order valence-electron chi connectivity index (χ1n) is 3.53. The molecule has 1 unspecified atom stereocenters. The predicted octanol–water partition coefficient (Wildman–Crippen LogP) is -1.81. The Labute approximate surface area is 101 Å². The normalized spacial score (nSPS) is 12.6. The quantitative estimate of drug-likeness (QED) is 0.453. The number of nitrogens with zero attached hydrogens (tertiary/aromatic N) is 1. The van der Waals surface area contributed by atoms with Crippen molar-refractivity contribution in [3.05, 3.63) is 16.8 Å². The van der Waals surface area contributed by atoms with E-state index in [2.05, 4.69) is 0 Å². The van der Waals surface area contributed by atoms with Gasteiger partial charge in [0.25, 0.3) is 0 Å². The molecule has 1 heterocycles. The van der Waals surface area contributed by atoms with Crippen molar-refractivity contribution in [2.45, 2.75) is 10.8 Å². The summed E-state index contributed by atoms with van der Waals surface area (Å²) in [5.74, 6) is -0.657. The van der Waals surface area contributed by atoms with Gasteiger partial charge in [0.15, 0.2) is 0 Å². The van der Waals surface area contributed by atoms with Crippen LogP contribution in [0.4, 0.5) is 4.39 Å². The first kappa shape index (κ1) is 14.3. The maximum Gasteiger partial charge on any atom is 1.00 e. The number of rotatable bonds is 3. The molecule has 0 bridgehead atoms. The second-order valence-corrected chi connectivity index (χ2v) is 5.09. The molecule has 0 aromatic carbocycles. The van der Waals surface area contributed by atoms with Crippen molar-refractivity contribution in [2.75, 3.05) is 14.1 Å². The maximum atomic E-state index is 12.9. The van der Waals surface area contributed by atoms with E-state index < -0.39 is 16.9 Å². The molecule has 0 saturated carbocycles. The second-order valence-electron chi connectivity index (χ2n) is 2.82. The van der Waals surface area contributed by atoms with Crippen LogP contribution in [0.1, 0.15) is 4.88 Å². The summed E-state index contributed by atoms with van der Waals surface area (Å²) in [6.45, 7) is 0.554. The molecule has 3 nitrogen and oxygen atoms in total. The minimum absolute atomic E-state index is 0. The Hall–Kier alpha value is 0.297. The van der Waals surface area contributed by atoms with E-state index in [1.807, 2.05) is 19.0 Å². The molecule has 1 rings (SSSR count). The zero-order valence-corrected chi connectivity index (χ0v) is 9.88.